The molecule has 1 aromatic rings. The van der Waals surface area contributed by atoms with Crippen LogP contribution in [0.3, 0.4) is 0 Å². The molecule has 9 heavy (non-hydrogen) atoms. The van der Waals surface area contributed by atoms with E-state index < -0.39 is 0 Å². The van der Waals surface area contributed by atoms with Gasteiger partial charge in [0.05, 0.1) is 15.7 Å². The third-order valence-electron chi connectivity index (χ3n) is 0.929. The molecule has 0 aromatic carbocycles. The van der Waals surface area contributed by atoms with E-state index >= 15 is 0 Å². The fraction of sp³-hybridized carbons (Fsp3) is 0.167. The number of pyridine rings is 1. The summed E-state index contributed by atoms with van der Waals surface area (Å²) in [5.74, 6) is 0. The fourth-order valence-corrected chi connectivity index (χ4v) is 0.797. The molecule has 0 aliphatic rings. The molecule has 0 saturated heterocycles. The second-order valence-electron chi connectivity index (χ2n) is 1.65. The van der Waals surface area contributed by atoms with Crippen LogP contribution >= 0.6 is 23.2 Å². The molecule has 0 unspecified atom stereocenters. The van der Waals surface area contributed by atoms with E-state index in [2.05, 4.69) is 11.2 Å². The molecule has 47 valence electrons. The Morgan fingerprint density at radius 2 is 2.22 bits per heavy atom. The highest BCUT2D eigenvalue weighted by molar-refractivity contribution is 6.34. The summed E-state index contributed by atoms with van der Waals surface area (Å²) in [5.41, 5.74) is 0.751. The van der Waals surface area contributed by atoms with E-state index in [1.807, 2.05) is 0 Å². The fourth-order valence-electron chi connectivity index (χ4n) is 0.439. The lowest BCUT2D eigenvalue weighted by Crippen LogP contribution is -1.80. The molecule has 0 aliphatic carbocycles. The summed E-state index contributed by atoms with van der Waals surface area (Å²) >= 11 is 11.2. The summed E-state index contributed by atoms with van der Waals surface area (Å²) in [6.45, 7) is 1.80. The summed E-state index contributed by atoms with van der Waals surface area (Å²) in [4.78, 5) is 3.79. The Hall–Kier alpha value is -0.270. The molecular weight excluding hydrogens is 157 g/mol. The largest absolute Gasteiger partial charge is 0.248 e. The summed E-state index contributed by atoms with van der Waals surface area (Å²) in [7, 11) is 0. The van der Waals surface area contributed by atoms with Gasteiger partial charge in [-0.25, -0.2) is 4.98 Å². The summed E-state index contributed by atoms with van der Waals surface area (Å²) in [6.07, 6.45) is 2.57. The number of aryl methyl sites for hydroxylation is 1. The standard InChI is InChI=1S/C6H4Cl2N/c1-4-6(8)2-5(7)3-9-4/h2H,1H3. The van der Waals surface area contributed by atoms with Crippen molar-refractivity contribution < 1.29 is 0 Å². The number of nitrogens with zero attached hydrogens (tertiary/aromatic N) is 1. The van der Waals surface area contributed by atoms with Gasteiger partial charge in [-0.3, -0.25) is 0 Å². The molecule has 0 fully saturated rings. The lowest BCUT2D eigenvalue weighted by Gasteiger charge is -1.93. The quantitative estimate of drug-likeness (QED) is 0.569. The lowest BCUT2D eigenvalue weighted by molar-refractivity contribution is 1.19. The van der Waals surface area contributed by atoms with Crippen molar-refractivity contribution in [1.82, 2.24) is 4.98 Å². The van der Waals surface area contributed by atoms with Gasteiger partial charge in [-0.05, 0) is 13.0 Å². The maximum absolute atomic E-state index is 5.65. The number of aromatic nitrogens is 1. The average Bonchev–Trinajstić information content (AvgIpc) is 1.80. The molecule has 1 heterocycles. The van der Waals surface area contributed by atoms with E-state index in [-0.39, 0.29) is 0 Å². The molecule has 0 N–H and O–H groups in total. The van der Waals surface area contributed by atoms with E-state index in [4.69, 9.17) is 23.2 Å². The van der Waals surface area contributed by atoms with Crippen molar-refractivity contribution >= 4 is 23.2 Å². The zero-order chi connectivity index (χ0) is 6.85. The van der Waals surface area contributed by atoms with Crippen LogP contribution in [0.4, 0.5) is 0 Å². The van der Waals surface area contributed by atoms with Gasteiger partial charge in [0.2, 0.25) is 0 Å². The first-order chi connectivity index (χ1) is 4.20. The van der Waals surface area contributed by atoms with Gasteiger partial charge in [-0.1, -0.05) is 23.2 Å². The first-order valence-electron chi connectivity index (χ1n) is 2.40. The first-order valence-corrected chi connectivity index (χ1v) is 3.16. The smallest absolute Gasteiger partial charge is 0.109 e. The Labute approximate surface area is 63.6 Å². The number of halogens is 2. The maximum Gasteiger partial charge on any atom is 0.109 e. The Morgan fingerprint density at radius 1 is 1.56 bits per heavy atom. The van der Waals surface area contributed by atoms with Crippen molar-refractivity contribution in [2.75, 3.05) is 0 Å². The van der Waals surface area contributed by atoms with Crippen molar-refractivity contribution in [2.24, 2.45) is 0 Å². The van der Waals surface area contributed by atoms with Gasteiger partial charge in [-0.15, -0.1) is 0 Å². The van der Waals surface area contributed by atoms with Crippen molar-refractivity contribution in [3.63, 3.8) is 0 Å². The Kier molecular flexibility index (Phi) is 1.94. The average molecular weight is 161 g/mol. The zero-order valence-electron chi connectivity index (χ0n) is 4.78. The molecule has 0 aliphatic heterocycles. The van der Waals surface area contributed by atoms with E-state index in [9.17, 15) is 0 Å². The Balaban J connectivity index is 3.17. The minimum absolute atomic E-state index is 0.450. The molecule has 3 heteroatoms. The minimum Gasteiger partial charge on any atom is -0.248 e. The van der Waals surface area contributed by atoms with E-state index in [0.29, 0.717) is 10.0 Å². The second-order valence-corrected chi connectivity index (χ2v) is 2.46. The van der Waals surface area contributed by atoms with Gasteiger partial charge in [-0.2, -0.15) is 0 Å². The lowest BCUT2D eigenvalue weighted by atomic mass is 10.4. The van der Waals surface area contributed by atoms with Crippen LogP contribution in [-0.4, -0.2) is 4.98 Å². The van der Waals surface area contributed by atoms with Crippen LogP contribution in [0.25, 0.3) is 0 Å². The predicted octanol–water partition coefficient (Wildman–Crippen LogP) is 2.50. The molecule has 1 aromatic heterocycles. The minimum atomic E-state index is 0.450. The van der Waals surface area contributed by atoms with Crippen LogP contribution in [0.5, 0.6) is 0 Å². The molecule has 0 saturated carbocycles. The first kappa shape index (κ1) is 6.84. The maximum atomic E-state index is 5.65. The molecule has 0 spiro atoms. The van der Waals surface area contributed by atoms with E-state index in [1.54, 1.807) is 13.0 Å². The highest BCUT2D eigenvalue weighted by atomic mass is 35.5. The van der Waals surface area contributed by atoms with E-state index in [0.717, 1.165) is 5.69 Å². The molecule has 0 amide bonds. The summed E-state index contributed by atoms with van der Waals surface area (Å²) in [6, 6.07) is 1.62. The van der Waals surface area contributed by atoms with Crippen LogP contribution in [0.15, 0.2) is 6.07 Å². The molecule has 1 rings (SSSR count). The third kappa shape index (κ3) is 1.57. The number of hydrogen-bond acceptors (Lipinski definition) is 1. The Morgan fingerprint density at radius 3 is 2.67 bits per heavy atom. The summed E-state index contributed by atoms with van der Waals surface area (Å²) < 4.78 is 0. The second kappa shape index (κ2) is 2.54. The van der Waals surface area contributed by atoms with Crippen molar-refractivity contribution in [3.05, 3.63) is 28.0 Å². The van der Waals surface area contributed by atoms with E-state index in [1.165, 1.54) is 0 Å². The van der Waals surface area contributed by atoms with Crippen LogP contribution in [0.1, 0.15) is 5.69 Å². The SMILES string of the molecule is Cc1n[c]c(Cl)cc1Cl. The van der Waals surface area contributed by atoms with Crippen molar-refractivity contribution in [2.45, 2.75) is 6.92 Å². The molecule has 1 radical (unpaired) electrons. The van der Waals surface area contributed by atoms with Gasteiger partial charge < -0.3 is 0 Å². The molecule has 1 nitrogen and oxygen atoms in total. The topological polar surface area (TPSA) is 12.9 Å². The third-order valence-corrected chi connectivity index (χ3v) is 1.51. The van der Waals surface area contributed by atoms with Crippen LogP contribution in [0, 0.1) is 13.1 Å². The van der Waals surface area contributed by atoms with Crippen LogP contribution in [-0.2, 0) is 0 Å². The highest BCUT2D eigenvalue weighted by Crippen LogP contribution is 2.16. The van der Waals surface area contributed by atoms with Crippen molar-refractivity contribution in [3.8, 4) is 0 Å². The van der Waals surface area contributed by atoms with Crippen molar-refractivity contribution in [1.29, 1.82) is 0 Å². The highest BCUT2D eigenvalue weighted by Gasteiger charge is 1.95. The van der Waals surface area contributed by atoms with Crippen LogP contribution < -0.4 is 0 Å². The van der Waals surface area contributed by atoms with Gasteiger partial charge in [0, 0.05) is 0 Å². The van der Waals surface area contributed by atoms with Gasteiger partial charge in [0.1, 0.15) is 6.20 Å². The molecule has 0 bridgehead atoms. The zero-order valence-corrected chi connectivity index (χ0v) is 6.29. The van der Waals surface area contributed by atoms with Gasteiger partial charge in [0.15, 0.2) is 0 Å². The predicted molar refractivity (Wildman–Crippen MR) is 37.8 cm³/mol. The van der Waals surface area contributed by atoms with Crippen LogP contribution in [0.2, 0.25) is 10.0 Å². The normalized spacial score (nSPS) is 9.67. The summed E-state index contributed by atoms with van der Waals surface area (Å²) in [5, 5.41) is 1.03. The Bertz CT molecular complexity index is 222. The monoisotopic (exact) mass is 160 g/mol. The molecule has 0 atom stereocenters. The number of hydrogen-bond donors (Lipinski definition) is 0. The van der Waals surface area contributed by atoms with Gasteiger partial charge in [0.25, 0.3) is 0 Å². The molecular formula is C6H4Cl2N. The number of rotatable bonds is 0. The van der Waals surface area contributed by atoms with Gasteiger partial charge >= 0.3 is 0 Å².